The molecule has 0 unspecified atom stereocenters. The molecule has 0 amide bonds. The van der Waals surface area contributed by atoms with Gasteiger partial charge in [-0.3, -0.25) is 9.36 Å². The van der Waals surface area contributed by atoms with Crippen molar-refractivity contribution in [1.29, 1.82) is 0 Å². The van der Waals surface area contributed by atoms with Crippen LogP contribution in [-0.4, -0.2) is 22.6 Å². The Morgan fingerprint density at radius 3 is 2.79 bits per heavy atom. The lowest BCUT2D eigenvalue weighted by Crippen LogP contribution is -2.45. The first-order valence-electron chi connectivity index (χ1n) is 4.92. The topological polar surface area (TPSA) is 46.9 Å². The van der Waals surface area contributed by atoms with E-state index in [0.717, 1.165) is 31.2 Å². The summed E-state index contributed by atoms with van der Waals surface area (Å²) in [6.07, 6.45) is 0. The number of aromatic nitrogens is 2. The number of rotatable bonds is 2. The van der Waals surface area contributed by atoms with E-state index >= 15 is 0 Å². The maximum absolute atomic E-state index is 11.6. The minimum absolute atomic E-state index is 0.0712. The molecule has 76 valence electrons. The van der Waals surface area contributed by atoms with E-state index in [4.69, 9.17) is 0 Å². The molecule has 0 aromatic carbocycles. The van der Waals surface area contributed by atoms with E-state index in [9.17, 15) is 4.79 Å². The van der Waals surface area contributed by atoms with Gasteiger partial charge in [-0.15, -0.1) is 0 Å². The van der Waals surface area contributed by atoms with Crippen LogP contribution in [-0.2, 0) is 6.54 Å². The van der Waals surface area contributed by atoms with Crippen LogP contribution in [0.15, 0.2) is 10.9 Å². The highest BCUT2D eigenvalue weighted by molar-refractivity contribution is 5.02. The molecule has 4 heteroatoms. The van der Waals surface area contributed by atoms with Gasteiger partial charge >= 0.3 is 0 Å². The second-order valence-electron chi connectivity index (χ2n) is 3.92. The lowest BCUT2D eigenvalue weighted by Gasteiger charge is -2.28. The van der Waals surface area contributed by atoms with Crippen LogP contribution in [0.1, 0.15) is 11.5 Å². The van der Waals surface area contributed by atoms with Crippen LogP contribution in [0.3, 0.4) is 0 Å². The number of nitrogens with zero attached hydrogens (tertiary/aromatic N) is 2. The van der Waals surface area contributed by atoms with E-state index in [1.807, 2.05) is 13.8 Å². The molecule has 0 saturated carbocycles. The van der Waals surface area contributed by atoms with Crippen molar-refractivity contribution in [2.45, 2.75) is 20.4 Å². The van der Waals surface area contributed by atoms with Crippen LogP contribution >= 0.6 is 0 Å². The number of nitrogens with one attached hydrogen (secondary N) is 1. The fourth-order valence-electron chi connectivity index (χ4n) is 1.72. The molecular formula is C10H15N3O. The van der Waals surface area contributed by atoms with Crippen molar-refractivity contribution < 1.29 is 0 Å². The molecule has 4 nitrogen and oxygen atoms in total. The maximum Gasteiger partial charge on any atom is 0.253 e. The van der Waals surface area contributed by atoms with Crippen molar-refractivity contribution in [3.63, 3.8) is 0 Å². The molecule has 0 aliphatic carbocycles. The first kappa shape index (κ1) is 9.40. The number of hydrogen-bond donors (Lipinski definition) is 1. The third kappa shape index (κ3) is 1.70. The first-order chi connectivity index (χ1) is 6.66. The highest BCUT2D eigenvalue weighted by Crippen LogP contribution is 2.06. The van der Waals surface area contributed by atoms with Crippen molar-refractivity contribution >= 4 is 0 Å². The lowest BCUT2D eigenvalue weighted by atomic mass is 10.0. The standard InChI is InChI=1S/C10H15N3O/c1-7-3-10(14)13(8(2)12-7)6-9-4-11-5-9/h3,9,11H,4-6H2,1-2H3. The molecule has 1 N–H and O–H groups in total. The van der Waals surface area contributed by atoms with E-state index in [1.165, 1.54) is 0 Å². The molecule has 0 radical (unpaired) electrons. The van der Waals surface area contributed by atoms with E-state index in [0.29, 0.717) is 5.92 Å². The first-order valence-corrected chi connectivity index (χ1v) is 4.92. The van der Waals surface area contributed by atoms with Gasteiger partial charge in [0.1, 0.15) is 5.82 Å². The Morgan fingerprint density at radius 1 is 1.57 bits per heavy atom. The number of hydrogen-bond acceptors (Lipinski definition) is 3. The van der Waals surface area contributed by atoms with Crippen LogP contribution in [0.25, 0.3) is 0 Å². The van der Waals surface area contributed by atoms with Crippen LogP contribution in [0.4, 0.5) is 0 Å². The Morgan fingerprint density at radius 2 is 2.29 bits per heavy atom. The molecule has 1 fully saturated rings. The molecule has 1 aliphatic rings. The van der Waals surface area contributed by atoms with Crippen molar-refractivity contribution in [3.8, 4) is 0 Å². The molecular weight excluding hydrogens is 178 g/mol. The Labute approximate surface area is 83.0 Å². The summed E-state index contributed by atoms with van der Waals surface area (Å²) >= 11 is 0. The van der Waals surface area contributed by atoms with Gasteiger partial charge in [0.2, 0.25) is 0 Å². The summed E-state index contributed by atoms with van der Waals surface area (Å²) in [5, 5.41) is 3.20. The third-order valence-corrected chi connectivity index (χ3v) is 2.63. The summed E-state index contributed by atoms with van der Waals surface area (Å²) in [4.78, 5) is 15.9. The summed E-state index contributed by atoms with van der Waals surface area (Å²) < 4.78 is 1.76. The second kappa shape index (κ2) is 3.53. The van der Waals surface area contributed by atoms with Gasteiger partial charge in [-0.05, 0) is 13.8 Å². The molecule has 1 saturated heterocycles. The third-order valence-electron chi connectivity index (χ3n) is 2.63. The largest absolute Gasteiger partial charge is 0.316 e. The van der Waals surface area contributed by atoms with Crippen molar-refractivity contribution in [2.75, 3.05) is 13.1 Å². The minimum Gasteiger partial charge on any atom is -0.316 e. The SMILES string of the molecule is Cc1cc(=O)n(CC2CNC2)c(C)n1. The average Bonchev–Trinajstić information content (AvgIpc) is 1.98. The molecule has 1 aromatic heterocycles. The van der Waals surface area contributed by atoms with Crippen LogP contribution in [0.2, 0.25) is 0 Å². The summed E-state index contributed by atoms with van der Waals surface area (Å²) in [5.41, 5.74) is 0.873. The molecule has 2 heterocycles. The van der Waals surface area contributed by atoms with Gasteiger partial charge in [-0.25, -0.2) is 4.98 Å². The fraction of sp³-hybridized carbons (Fsp3) is 0.600. The van der Waals surface area contributed by atoms with Gasteiger partial charge in [0.25, 0.3) is 5.56 Å². The van der Waals surface area contributed by atoms with Crippen molar-refractivity contribution in [1.82, 2.24) is 14.9 Å². The minimum atomic E-state index is 0.0712. The molecule has 0 atom stereocenters. The van der Waals surface area contributed by atoms with Gasteiger partial charge < -0.3 is 5.32 Å². The highest BCUT2D eigenvalue weighted by Gasteiger charge is 2.18. The average molecular weight is 193 g/mol. The van der Waals surface area contributed by atoms with Crippen LogP contribution in [0.5, 0.6) is 0 Å². The van der Waals surface area contributed by atoms with E-state index < -0.39 is 0 Å². The van der Waals surface area contributed by atoms with Crippen molar-refractivity contribution in [2.24, 2.45) is 5.92 Å². The molecule has 2 rings (SSSR count). The Bertz CT molecular complexity index is 393. The summed E-state index contributed by atoms with van der Waals surface area (Å²) in [6, 6.07) is 1.60. The summed E-state index contributed by atoms with van der Waals surface area (Å²) in [7, 11) is 0. The van der Waals surface area contributed by atoms with E-state index in [1.54, 1.807) is 10.6 Å². The van der Waals surface area contributed by atoms with Crippen LogP contribution < -0.4 is 10.9 Å². The van der Waals surface area contributed by atoms with Gasteiger partial charge in [0.15, 0.2) is 0 Å². The molecule has 1 aliphatic heterocycles. The zero-order valence-corrected chi connectivity index (χ0v) is 8.58. The lowest BCUT2D eigenvalue weighted by molar-refractivity contribution is 0.299. The zero-order chi connectivity index (χ0) is 10.1. The second-order valence-corrected chi connectivity index (χ2v) is 3.92. The number of aryl methyl sites for hydroxylation is 2. The highest BCUT2D eigenvalue weighted by atomic mass is 16.1. The Hall–Kier alpha value is -1.16. The predicted octanol–water partition coefficient (Wildman–Crippen LogP) is 0.0795. The molecule has 1 aromatic rings. The van der Waals surface area contributed by atoms with E-state index in [2.05, 4.69) is 10.3 Å². The van der Waals surface area contributed by atoms with Gasteiger partial charge in [0, 0.05) is 37.3 Å². The zero-order valence-electron chi connectivity index (χ0n) is 8.58. The summed E-state index contributed by atoms with van der Waals surface area (Å²) in [5.74, 6) is 1.41. The van der Waals surface area contributed by atoms with Gasteiger partial charge in [0.05, 0.1) is 0 Å². The Kier molecular flexibility index (Phi) is 2.37. The molecule has 0 bridgehead atoms. The smallest absolute Gasteiger partial charge is 0.253 e. The summed E-state index contributed by atoms with van der Waals surface area (Å²) in [6.45, 7) is 6.56. The quantitative estimate of drug-likeness (QED) is 0.723. The molecule has 0 spiro atoms. The van der Waals surface area contributed by atoms with Crippen molar-refractivity contribution in [3.05, 3.63) is 27.9 Å². The fourth-order valence-corrected chi connectivity index (χ4v) is 1.72. The monoisotopic (exact) mass is 193 g/mol. The Balaban J connectivity index is 2.27. The normalized spacial score (nSPS) is 16.7. The van der Waals surface area contributed by atoms with Gasteiger partial charge in [-0.2, -0.15) is 0 Å². The molecule has 14 heavy (non-hydrogen) atoms. The predicted molar refractivity (Wildman–Crippen MR) is 54.3 cm³/mol. The maximum atomic E-state index is 11.6. The van der Waals surface area contributed by atoms with Crippen LogP contribution in [0, 0.1) is 19.8 Å². The van der Waals surface area contributed by atoms with Gasteiger partial charge in [-0.1, -0.05) is 0 Å². The van der Waals surface area contributed by atoms with E-state index in [-0.39, 0.29) is 5.56 Å².